The van der Waals surface area contributed by atoms with Gasteiger partial charge < -0.3 is 20.5 Å². The van der Waals surface area contributed by atoms with Crippen LogP contribution in [0.15, 0.2) is 22.7 Å². The van der Waals surface area contributed by atoms with E-state index in [2.05, 4.69) is 21.2 Å². The van der Waals surface area contributed by atoms with E-state index in [0.717, 1.165) is 23.3 Å². The van der Waals surface area contributed by atoms with Gasteiger partial charge in [-0.2, -0.15) is 0 Å². The van der Waals surface area contributed by atoms with Crippen molar-refractivity contribution in [2.24, 2.45) is 5.73 Å². The average molecular weight is 338 g/mol. The summed E-state index contributed by atoms with van der Waals surface area (Å²) in [6.45, 7) is 3.99. The first-order chi connectivity index (χ1) is 8.74. The second-order valence-electron chi connectivity index (χ2n) is 3.57. The van der Waals surface area contributed by atoms with Crippen LogP contribution in [0.1, 0.15) is 0 Å². The van der Waals surface area contributed by atoms with E-state index in [4.69, 9.17) is 26.8 Å². The van der Waals surface area contributed by atoms with Crippen molar-refractivity contribution in [1.82, 2.24) is 5.32 Å². The highest BCUT2D eigenvalue weighted by atomic mass is 79.9. The Kier molecular flexibility index (Phi) is 8.37. The first kappa shape index (κ1) is 15.7. The zero-order valence-electron chi connectivity index (χ0n) is 10.1. The lowest BCUT2D eigenvalue weighted by Crippen LogP contribution is -2.26. The molecule has 4 nitrogen and oxygen atoms in total. The largest absolute Gasteiger partial charge is 0.490 e. The minimum absolute atomic E-state index is 0.511. The Balaban J connectivity index is 2.07. The van der Waals surface area contributed by atoms with Crippen LogP contribution in [0.5, 0.6) is 5.75 Å². The predicted octanol–water partition coefficient (Wildman–Crippen LogP) is 2.05. The first-order valence-electron chi connectivity index (χ1n) is 5.80. The van der Waals surface area contributed by atoms with E-state index in [-0.39, 0.29) is 0 Å². The third kappa shape index (κ3) is 6.56. The molecule has 0 atom stereocenters. The fourth-order valence-corrected chi connectivity index (χ4v) is 2.07. The predicted molar refractivity (Wildman–Crippen MR) is 77.4 cm³/mol. The Labute approximate surface area is 121 Å². The molecule has 1 rings (SSSR count). The van der Waals surface area contributed by atoms with Gasteiger partial charge in [-0.1, -0.05) is 11.6 Å². The quantitative estimate of drug-likeness (QED) is 0.677. The molecule has 6 heteroatoms. The molecule has 0 aliphatic heterocycles. The van der Waals surface area contributed by atoms with Crippen LogP contribution in [0.4, 0.5) is 0 Å². The lowest BCUT2D eigenvalue weighted by atomic mass is 10.3. The minimum Gasteiger partial charge on any atom is -0.490 e. The Bertz CT molecular complexity index is 353. The summed E-state index contributed by atoms with van der Waals surface area (Å²) in [5.74, 6) is 0.768. The second-order valence-corrected chi connectivity index (χ2v) is 4.87. The van der Waals surface area contributed by atoms with Crippen molar-refractivity contribution in [1.29, 1.82) is 0 Å². The van der Waals surface area contributed by atoms with Crippen LogP contribution in [0.3, 0.4) is 0 Å². The Hall–Kier alpha value is -0.330. The molecule has 0 heterocycles. The maximum atomic E-state index is 5.84. The van der Waals surface area contributed by atoms with Crippen LogP contribution in [0.25, 0.3) is 0 Å². The van der Waals surface area contributed by atoms with Crippen LogP contribution in [-0.4, -0.2) is 39.5 Å². The summed E-state index contributed by atoms with van der Waals surface area (Å²) in [7, 11) is 0. The van der Waals surface area contributed by atoms with Crippen molar-refractivity contribution in [2.75, 3.05) is 39.5 Å². The number of rotatable bonds is 9. The lowest BCUT2D eigenvalue weighted by Gasteiger charge is -2.09. The van der Waals surface area contributed by atoms with Crippen molar-refractivity contribution in [3.8, 4) is 5.75 Å². The monoisotopic (exact) mass is 336 g/mol. The van der Waals surface area contributed by atoms with E-state index < -0.39 is 0 Å². The number of halogens is 2. The highest BCUT2D eigenvalue weighted by molar-refractivity contribution is 9.10. The zero-order chi connectivity index (χ0) is 13.2. The Morgan fingerprint density at radius 1 is 1.22 bits per heavy atom. The minimum atomic E-state index is 0.511. The molecule has 0 bridgehead atoms. The molecule has 0 unspecified atom stereocenters. The molecule has 0 saturated carbocycles. The molecular formula is C12H18BrClN2O2. The van der Waals surface area contributed by atoms with Crippen molar-refractivity contribution < 1.29 is 9.47 Å². The third-order valence-electron chi connectivity index (χ3n) is 2.12. The van der Waals surface area contributed by atoms with E-state index in [1.54, 1.807) is 12.1 Å². The van der Waals surface area contributed by atoms with Gasteiger partial charge in [0.25, 0.3) is 0 Å². The fraction of sp³-hybridized carbons (Fsp3) is 0.500. The molecule has 1 aromatic carbocycles. The molecule has 0 amide bonds. The van der Waals surface area contributed by atoms with E-state index in [1.807, 2.05) is 6.07 Å². The molecule has 0 aliphatic carbocycles. The van der Waals surface area contributed by atoms with Gasteiger partial charge in [-0.25, -0.2) is 0 Å². The van der Waals surface area contributed by atoms with Crippen molar-refractivity contribution >= 4 is 27.5 Å². The molecule has 0 aliphatic rings. The van der Waals surface area contributed by atoms with Crippen LogP contribution in [-0.2, 0) is 4.74 Å². The lowest BCUT2D eigenvalue weighted by molar-refractivity contribution is 0.102. The molecule has 1 aromatic rings. The summed E-state index contributed by atoms with van der Waals surface area (Å²) in [5, 5.41) is 3.82. The van der Waals surface area contributed by atoms with Gasteiger partial charge in [0.2, 0.25) is 0 Å². The normalized spacial score (nSPS) is 10.6. The number of ether oxygens (including phenoxy) is 2. The Morgan fingerprint density at radius 3 is 2.78 bits per heavy atom. The van der Waals surface area contributed by atoms with Crippen LogP contribution in [0, 0.1) is 0 Å². The van der Waals surface area contributed by atoms with E-state index >= 15 is 0 Å². The number of nitrogens with two attached hydrogens (primary N) is 1. The van der Waals surface area contributed by atoms with Gasteiger partial charge in [0, 0.05) is 24.7 Å². The summed E-state index contributed by atoms with van der Waals surface area (Å²) >= 11 is 9.22. The van der Waals surface area contributed by atoms with Gasteiger partial charge in [-0.3, -0.25) is 0 Å². The maximum absolute atomic E-state index is 5.84. The SMILES string of the molecule is NCCNCCOCCOc1ccc(Cl)cc1Br. The van der Waals surface area contributed by atoms with Gasteiger partial charge in [-0.05, 0) is 34.1 Å². The first-order valence-corrected chi connectivity index (χ1v) is 6.97. The smallest absolute Gasteiger partial charge is 0.133 e. The number of hydrogen-bond donors (Lipinski definition) is 2. The molecule has 3 N–H and O–H groups in total. The van der Waals surface area contributed by atoms with E-state index in [0.29, 0.717) is 31.4 Å². The summed E-state index contributed by atoms with van der Waals surface area (Å²) in [4.78, 5) is 0. The third-order valence-corrected chi connectivity index (χ3v) is 2.98. The van der Waals surface area contributed by atoms with E-state index in [1.165, 1.54) is 0 Å². The highest BCUT2D eigenvalue weighted by Crippen LogP contribution is 2.27. The summed E-state index contributed by atoms with van der Waals surface area (Å²) < 4.78 is 11.8. The number of benzene rings is 1. The Morgan fingerprint density at radius 2 is 2.06 bits per heavy atom. The summed E-state index contributed by atoms with van der Waals surface area (Å²) in [6, 6.07) is 5.42. The molecule has 102 valence electrons. The molecule has 18 heavy (non-hydrogen) atoms. The van der Waals surface area contributed by atoms with Crippen molar-refractivity contribution in [3.05, 3.63) is 27.7 Å². The van der Waals surface area contributed by atoms with E-state index in [9.17, 15) is 0 Å². The molecule has 0 spiro atoms. The molecule has 0 radical (unpaired) electrons. The summed E-state index contributed by atoms with van der Waals surface area (Å²) in [6.07, 6.45) is 0. The van der Waals surface area contributed by atoms with Gasteiger partial charge in [0.1, 0.15) is 12.4 Å². The van der Waals surface area contributed by atoms with Gasteiger partial charge in [-0.15, -0.1) is 0 Å². The topological polar surface area (TPSA) is 56.5 Å². The van der Waals surface area contributed by atoms with Crippen LogP contribution < -0.4 is 15.8 Å². The zero-order valence-corrected chi connectivity index (χ0v) is 12.5. The molecular weight excluding hydrogens is 320 g/mol. The van der Waals surface area contributed by atoms with Gasteiger partial charge >= 0.3 is 0 Å². The number of nitrogens with one attached hydrogen (secondary N) is 1. The molecule has 0 saturated heterocycles. The van der Waals surface area contributed by atoms with Gasteiger partial charge in [0.15, 0.2) is 0 Å². The highest BCUT2D eigenvalue weighted by Gasteiger charge is 2.01. The van der Waals surface area contributed by atoms with Gasteiger partial charge in [0.05, 0.1) is 17.7 Å². The molecule has 0 fully saturated rings. The second kappa shape index (κ2) is 9.58. The van der Waals surface area contributed by atoms with Crippen molar-refractivity contribution in [2.45, 2.75) is 0 Å². The summed E-state index contributed by atoms with van der Waals surface area (Å²) in [5.41, 5.74) is 5.34. The molecule has 0 aromatic heterocycles. The maximum Gasteiger partial charge on any atom is 0.133 e. The van der Waals surface area contributed by atoms with Crippen molar-refractivity contribution in [3.63, 3.8) is 0 Å². The van der Waals surface area contributed by atoms with Crippen LogP contribution >= 0.6 is 27.5 Å². The average Bonchev–Trinajstić information content (AvgIpc) is 2.35. The van der Waals surface area contributed by atoms with Crippen LogP contribution in [0.2, 0.25) is 5.02 Å². The number of hydrogen-bond acceptors (Lipinski definition) is 4. The fourth-order valence-electron chi connectivity index (χ4n) is 1.28. The standard InChI is InChI=1S/C12H18BrClN2O2/c13-11-9-10(14)1-2-12(11)18-8-7-17-6-5-16-4-3-15/h1-2,9,16H,3-8,15H2.